The second kappa shape index (κ2) is 13.0. The highest BCUT2D eigenvalue weighted by molar-refractivity contribution is 7.86. The van der Waals surface area contributed by atoms with Crippen molar-refractivity contribution < 1.29 is 27.2 Å². The molecule has 0 amide bonds. The number of pyridine rings is 1. The summed E-state index contributed by atoms with van der Waals surface area (Å²) in [5, 5.41) is 12.2. The second-order valence-corrected chi connectivity index (χ2v) is 19.1. The highest BCUT2D eigenvalue weighted by Gasteiger charge is 2.26. The number of nitrogens with zero attached hydrogens (tertiary/aromatic N) is 4. The van der Waals surface area contributed by atoms with Crippen LogP contribution >= 0.6 is 0 Å². The normalized spacial score (nSPS) is 13.0. The zero-order valence-corrected chi connectivity index (χ0v) is 27.0. The zero-order valence-electron chi connectivity index (χ0n) is 25.2. The van der Waals surface area contributed by atoms with E-state index in [0.717, 1.165) is 22.5 Å². The van der Waals surface area contributed by atoms with Crippen molar-refractivity contribution >= 4 is 45.9 Å². The van der Waals surface area contributed by atoms with E-state index in [1.54, 1.807) is 22.9 Å². The summed E-state index contributed by atoms with van der Waals surface area (Å²) in [4.78, 5) is 13.4. The number of benzene rings is 2. The van der Waals surface area contributed by atoms with Crippen LogP contribution in [0.3, 0.4) is 0 Å². The molecule has 0 aliphatic rings. The number of nitrogen functional groups attached to an aromatic ring is 1. The molecule has 0 saturated heterocycles. The van der Waals surface area contributed by atoms with Crippen LogP contribution < -0.4 is 10.5 Å². The van der Waals surface area contributed by atoms with Crippen LogP contribution in [-0.4, -0.2) is 67.0 Å². The first-order valence-electron chi connectivity index (χ1n) is 14.3. The highest BCUT2D eigenvalue weighted by Crippen LogP contribution is 2.42. The summed E-state index contributed by atoms with van der Waals surface area (Å²) in [6.45, 7) is 8.56. The minimum absolute atomic E-state index is 0.00644. The van der Waals surface area contributed by atoms with Gasteiger partial charge in [-0.25, -0.2) is 9.97 Å². The average Bonchev–Trinajstić information content (AvgIpc) is 3.31. The molecule has 5 rings (SSSR count). The maximum atomic E-state index is 12.7. The fraction of sp³-hybridized carbons (Fsp3) is 0.323. The number of aliphatic hydroxyl groups excluding tert-OH is 1. The Hall–Kier alpha value is -3.88. The molecule has 11 nitrogen and oxygen atoms in total. The van der Waals surface area contributed by atoms with Gasteiger partial charge in [-0.2, -0.15) is 8.42 Å². The summed E-state index contributed by atoms with van der Waals surface area (Å²) in [6.07, 6.45) is 1.82. The molecule has 5 aromatic rings. The number of hydrogen-bond acceptors (Lipinski definition) is 10. The van der Waals surface area contributed by atoms with E-state index in [1.165, 1.54) is 18.5 Å². The largest absolute Gasteiger partial charge is 0.475 e. The van der Waals surface area contributed by atoms with Gasteiger partial charge in [0.2, 0.25) is 5.88 Å². The summed E-state index contributed by atoms with van der Waals surface area (Å²) in [6, 6.07) is 16.9. The Morgan fingerprint density at radius 1 is 1.02 bits per heavy atom. The number of para-hydroxylation sites is 1. The van der Waals surface area contributed by atoms with Crippen LogP contribution in [0.2, 0.25) is 25.7 Å². The van der Waals surface area contributed by atoms with E-state index in [4.69, 9.17) is 19.4 Å². The third-order valence-electron chi connectivity index (χ3n) is 7.05. The number of aliphatic hydroxyl groups is 1. The molecule has 1 unspecified atom stereocenters. The summed E-state index contributed by atoms with van der Waals surface area (Å²) < 4.78 is 44.6. The highest BCUT2D eigenvalue weighted by atomic mass is 32.2. The van der Waals surface area contributed by atoms with Gasteiger partial charge in [-0.15, -0.1) is 0 Å². The molecule has 3 N–H and O–H groups in total. The molecule has 3 heterocycles. The molecular formula is C31H37N5O6SSi. The number of nitrogens with two attached hydrogens (primary N) is 1. The van der Waals surface area contributed by atoms with Crippen LogP contribution in [0, 0.1) is 6.92 Å². The molecule has 0 aliphatic heterocycles. The molecule has 2 aromatic carbocycles. The van der Waals surface area contributed by atoms with Gasteiger partial charge in [-0.1, -0.05) is 55.5 Å². The molecule has 232 valence electrons. The molecule has 0 fully saturated rings. The third kappa shape index (κ3) is 7.25. The SMILES string of the molecule is Cc1ccc(S(=O)(=O)OCC(O)COc2c(-c3cnc4ccccc4c3)c3c(N)ncnc3n2COCC[Si](C)(C)C)cc1. The van der Waals surface area contributed by atoms with E-state index in [1.807, 2.05) is 37.3 Å². The van der Waals surface area contributed by atoms with E-state index in [-0.39, 0.29) is 24.1 Å². The van der Waals surface area contributed by atoms with Gasteiger partial charge >= 0.3 is 0 Å². The number of aryl methyl sites for hydroxylation is 1. The lowest BCUT2D eigenvalue weighted by molar-refractivity contribution is 0.0517. The van der Waals surface area contributed by atoms with Gasteiger partial charge in [0.05, 0.1) is 28.0 Å². The molecule has 0 spiro atoms. The van der Waals surface area contributed by atoms with Crippen LogP contribution in [0.25, 0.3) is 33.1 Å². The molecule has 0 radical (unpaired) electrons. The summed E-state index contributed by atoms with van der Waals surface area (Å²) >= 11 is 0. The first-order chi connectivity index (χ1) is 20.9. The minimum atomic E-state index is -4.07. The van der Waals surface area contributed by atoms with Crippen molar-refractivity contribution in [2.75, 3.05) is 25.6 Å². The van der Waals surface area contributed by atoms with Gasteiger partial charge < -0.3 is 20.3 Å². The number of aromatic nitrogens is 4. The summed E-state index contributed by atoms with van der Waals surface area (Å²) in [5.74, 6) is 0.578. The van der Waals surface area contributed by atoms with Crippen molar-refractivity contribution in [1.29, 1.82) is 0 Å². The maximum Gasteiger partial charge on any atom is 0.297 e. The van der Waals surface area contributed by atoms with Gasteiger partial charge in [0.25, 0.3) is 10.1 Å². The fourth-order valence-corrected chi connectivity index (χ4v) is 6.31. The Bertz CT molecular complexity index is 1870. The number of hydrogen-bond donors (Lipinski definition) is 2. The third-order valence-corrected chi connectivity index (χ3v) is 10.1. The molecule has 0 aliphatic carbocycles. The molecule has 0 saturated carbocycles. The van der Waals surface area contributed by atoms with Crippen LogP contribution in [0.1, 0.15) is 5.56 Å². The monoisotopic (exact) mass is 635 g/mol. The minimum Gasteiger partial charge on any atom is -0.475 e. The predicted molar refractivity (Wildman–Crippen MR) is 173 cm³/mol. The summed E-state index contributed by atoms with van der Waals surface area (Å²) in [5.41, 5.74) is 9.94. The van der Waals surface area contributed by atoms with Crippen molar-refractivity contribution in [3.63, 3.8) is 0 Å². The Labute approximate surface area is 257 Å². The van der Waals surface area contributed by atoms with E-state index >= 15 is 0 Å². The molecule has 0 bridgehead atoms. The smallest absolute Gasteiger partial charge is 0.297 e. The number of rotatable bonds is 13. The van der Waals surface area contributed by atoms with Gasteiger partial charge in [0, 0.05) is 31.8 Å². The zero-order chi connectivity index (χ0) is 31.5. The predicted octanol–water partition coefficient (Wildman–Crippen LogP) is 4.99. The van der Waals surface area contributed by atoms with Crippen molar-refractivity contribution in [2.24, 2.45) is 0 Å². The van der Waals surface area contributed by atoms with Crippen molar-refractivity contribution in [2.45, 2.75) is 50.3 Å². The Morgan fingerprint density at radius 2 is 1.77 bits per heavy atom. The number of fused-ring (bicyclic) bond motifs is 2. The lowest BCUT2D eigenvalue weighted by Crippen LogP contribution is -2.26. The molecule has 3 aromatic heterocycles. The van der Waals surface area contributed by atoms with Crippen molar-refractivity contribution in [3.8, 4) is 17.0 Å². The van der Waals surface area contributed by atoms with Gasteiger partial charge in [0.15, 0.2) is 5.65 Å². The van der Waals surface area contributed by atoms with E-state index < -0.39 is 30.9 Å². The Kier molecular flexibility index (Phi) is 9.32. The number of anilines is 1. The molecule has 13 heteroatoms. The number of ether oxygens (including phenoxy) is 2. The first-order valence-corrected chi connectivity index (χ1v) is 19.4. The Balaban J connectivity index is 1.47. The lowest BCUT2D eigenvalue weighted by atomic mass is 10.1. The second-order valence-electron chi connectivity index (χ2n) is 11.8. The fourth-order valence-electron chi connectivity index (χ4n) is 4.62. The average molecular weight is 636 g/mol. The Morgan fingerprint density at radius 3 is 2.52 bits per heavy atom. The maximum absolute atomic E-state index is 12.7. The van der Waals surface area contributed by atoms with Crippen LogP contribution in [0.4, 0.5) is 5.82 Å². The first kappa shape index (κ1) is 31.5. The van der Waals surface area contributed by atoms with Crippen molar-refractivity contribution in [1.82, 2.24) is 19.5 Å². The molecule has 1 atom stereocenters. The van der Waals surface area contributed by atoms with Gasteiger partial charge in [0.1, 0.15) is 31.6 Å². The lowest BCUT2D eigenvalue weighted by Gasteiger charge is -2.18. The standard InChI is InChI=1S/C31H37N5O6SSi/c1-21-9-11-25(12-10-21)43(38,39)42-18-24(37)17-41-31-27(23-15-22-7-5-6-8-26(22)33-16-23)28-29(32)34-19-35-30(28)36(31)20-40-13-14-44(2,3)4/h5-12,15-16,19,24,37H,13-14,17-18,20H2,1-4H3,(H2,32,34,35). The van der Waals surface area contributed by atoms with Crippen LogP contribution in [0.5, 0.6) is 5.88 Å². The van der Waals surface area contributed by atoms with Gasteiger partial charge in [-0.3, -0.25) is 13.7 Å². The van der Waals surface area contributed by atoms with Gasteiger partial charge in [-0.05, 0) is 37.2 Å². The summed E-state index contributed by atoms with van der Waals surface area (Å²) in [7, 11) is -5.41. The van der Waals surface area contributed by atoms with Crippen molar-refractivity contribution in [3.05, 3.63) is 72.7 Å². The van der Waals surface area contributed by atoms with E-state index in [0.29, 0.717) is 34.6 Å². The van der Waals surface area contributed by atoms with E-state index in [2.05, 4.69) is 34.6 Å². The quantitative estimate of drug-likeness (QED) is 0.103. The molecular weight excluding hydrogens is 599 g/mol. The topological polar surface area (TPSA) is 152 Å². The van der Waals surface area contributed by atoms with Crippen LogP contribution in [0.15, 0.2) is 72.0 Å². The molecule has 44 heavy (non-hydrogen) atoms. The van der Waals surface area contributed by atoms with E-state index in [9.17, 15) is 13.5 Å². The van der Waals surface area contributed by atoms with Crippen LogP contribution in [-0.2, 0) is 25.8 Å².